The van der Waals surface area contributed by atoms with Gasteiger partial charge in [-0.3, -0.25) is 0 Å². The Hall–Kier alpha value is -2.83. The van der Waals surface area contributed by atoms with Gasteiger partial charge in [-0.15, -0.1) is 0 Å². The summed E-state index contributed by atoms with van der Waals surface area (Å²) in [7, 11) is 0. The maximum Gasteiger partial charge on any atom is 0.386 e. The molecule has 3 N–H and O–H groups in total. The number of anilines is 2. The molecule has 7 nitrogen and oxygen atoms in total. The number of nitrogens with zero attached hydrogens (tertiary/aromatic N) is 2. The highest BCUT2D eigenvalue weighted by Gasteiger charge is 2.12. The fourth-order valence-electron chi connectivity index (χ4n) is 1.60. The summed E-state index contributed by atoms with van der Waals surface area (Å²) in [4.78, 5) is 14.0. The first-order chi connectivity index (χ1) is 9.66. The van der Waals surface area contributed by atoms with Gasteiger partial charge < -0.3 is 25.9 Å². The molecule has 7 heteroatoms. The van der Waals surface area contributed by atoms with Gasteiger partial charge in [0, 0.05) is 12.2 Å². The van der Waals surface area contributed by atoms with E-state index in [0.29, 0.717) is 30.3 Å². The van der Waals surface area contributed by atoms with Crippen LogP contribution in [-0.2, 0) is 0 Å². The molecule has 1 aromatic carbocycles. The van der Waals surface area contributed by atoms with Crippen molar-refractivity contribution in [3.05, 3.63) is 52.7 Å². The lowest BCUT2D eigenvalue weighted by atomic mass is 10.3. The van der Waals surface area contributed by atoms with E-state index >= 15 is 0 Å². The molecule has 0 fully saturated rings. The van der Waals surface area contributed by atoms with Crippen LogP contribution in [0.2, 0.25) is 0 Å². The number of hydrogen-bond acceptors (Lipinski definition) is 6. The van der Waals surface area contributed by atoms with Gasteiger partial charge in [-0.05, 0) is 46.3 Å². The fourth-order valence-corrected chi connectivity index (χ4v) is 1.60. The molecule has 0 bridgehead atoms. The zero-order valence-corrected chi connectivity index (χ0v) is 10.7. The number of nitrogens with two attached hydrogens (primary N) is 1. The number of rotatable bonds is 6. The number of nitrogens with one attached hydrogen (secondary N) is 1. The van der Waals surface area contributed by atoms with Crippen molar-refractivity contribution in [2.45, 2.75) is 0 Å². The molecule has 0 saturated heterocycles. The highest BCUT2D eigenvalue weighted by atomic mass is 16.6. The number of nitrogen functional groups attached to an aromatic ring is 1. The van der Waals surface area contributed by atoms with E-state index < -0.39 is 4.92 Å². The number of benzene rings is 1. The Labute approximate surface area is 115 Å². The molecular formula is C13H14N4O3. The summed E-state index contributed by atoms with van der Waals surface area (Å²) in [6, 6.07) is 10.3. The third-order valence-corrected chi connectivity index (χ3v) is 2.53. The number of pyridine rings is 1. The maximum atomic E-state index is 10.8. The lowest BCUT2D eigenvalue weighted by molar-refractivity contribution is -0.388. The zero-order chi connectivity index (χ0) is 14.4. The smallest absolute Gasteiger partial charge is 0.386 e. The Morgan fingerprint density at radius 1 is 1.30 bits per heavy atom. The number of ether oxygens (including phenoxy) is 1. The molecule has 0 saturated carbocycles. The minimum Gasteiger partial charge on any atom is -0.492 e. The largest absolute Gasteiger partial charge is 0.492 e. The molecule has 0 unspecified atom stereocenters. The van der Waals surface area contributed by atoms with Gasteiger partial charge in [-0.2, -0.15) is 0 Å². The second-order valence-electron chi connectivity index (χ2n) is 3.98. The lowest BCUT2D eigenvalue weighted by Crippen LogP contribution is -2.12. The van der Waals surface area contributed by atoms with Crippen LogP contribution < -0.4 is 15.8 Å². The Morgan fingerprint density at radius 3 is 2.75 bits per heavy atom. The molecule has 20 heavy (non-hydrogen) atoms. The predicted octanol–water partition coefficient (Wildman–Crippen LogP) is 2.06. The SMILES string of the molecule is Nc1ccc(OCCNc2cccnc2[N+](=O)[O-])cc1. The third kappa shape index (κ3) is 3.58. The summed E-state index contributed by atoms with van der Waals surface area (Å²) in [6.45, 7) is 0.798. The van der Waals surface area contributed by atoms with Crippen molar-refractivity contribution in [2.24, 2.45) is 0 Å². The van der Waals surface area contributed by atoms with Crippen LogP contribution >= 0.6 is 0 Å². The lowest BCUT2D eigenvalue weighted by Gasteiger charge is -2.08. The Balaban J connectivity index is 1.84. The summed E-state index contributed by atoms with van der Waals surface area (Å²) in [6.07, 6.45) is 1.38. The molecule has 0 amide bonds. The molecule has 0 spiro atoms. The third-order valence-electron chi connectivity index (χ3n) is 2.53. The molecule has 2 rings (SSSR count). The quantitative estimate of drug-likeness (QED) is 0.361. The Bertz CT molecular complexity index is 586. The molecule has 0 aliphatic heterocycles. The van der Waals surface area contributed by atoms with E-state index in [0.717, 1.165) is 0 Å². The molecule has 0 aliphatic rings. The molecule has 0 radical (unpaired) electrons. The highest BCUT2D eigenvalue weighted by molar-refractivity contribution is 5.56. The normalized spacial score (nSPS) is 10.0. The second kappa shape index (κ2) is 6.37. The first kappa shape index (κ1) is 13.6. The summed E-state index contributed by atoms with van der Waals surface area (Å²) < 4.78 is 5.47. The van der Waals surface area contributed by atoms with E-state index in [2.05, 4.69) is 10.3 Å². The van der Waals surface area contributed by atoms with E-state index in [4.69, 9.17) is 10.5 Å². The van der Waals surface area contributed by atoms with Gasteiger partial charge >= 0.3 is 5.82 Å². The van der Waals surface area contributed by atoms with Gasteiger partial charge in [0.1, 0.15) is 24.2 Å². The van der Waals surface area contributed by atoms with Crippen LogP contribution in [0, 0.1) is 10.1 Å². The fraction of sp³-hybridized carbons (Fsp3) is 0.154. The van der Waals surface area contributed by atoms with Crippen LogP contribution in [0.25, 0.3) is 0 Å². The van der Waals surface area contributed by atoms with Crippen molar-refractivity contribution in [2.75, 3.05) is 24.2 Å². The van der Waals surface area contributed by atoms with E-state index in [1.165, 1.54) is 6.20 Å². The molecule has 1 heterocycles. The molecule has 104 valence electrons. The molecule has 0 atom stereocenters. The van der Waals surface area contributed by atoms with Crippen LogP contribution in [0.1, 0.15) is 0 Å². The van der Waals surface area contributed by atoms with Gasteiger partial charge in [-0.1, -0.05) is 0 Å². The summed E-state index contributed by atoms with van der Waals surface area (Å²) in [5, 5.41) is 13.7. The van der Waals surface area contributed by atoms with Crippen molar-refractivity contribution < 1.29 is 9.66 Å². The van der Waals surface area contributed by atoms with E-state index in [-0.39, 0.29) is 5.82 Å². The zero-order valence-electron chi connectivity index (χ0n) is 10.7. The summed E-state index contributed by atoms with van der Waals surface area (Å²) in [5.74, 6) is 0.502. The van der Waals surface area contributed by atoms with Crippen LogP contribution in [-0.4, -0.2) is 23.1 Å². The molecular weight excluding hydrogens is 260 g/mol. The Kier molecular flexibility index (Phi) is 4.33. The molecule has 2 aromatic rings. The highest BCUT2D eigenvalue weighted by Crippen LogP contribution is 2.19. The minimum atomic E-state index is -0.525. The van der Waals surface area contributed by atoms with E-state index in [9.17, 15) is 10.1 Å². The molecule has 0 aliphatic carbocycles. The summed E-state index contributed by atoms with van der Waals surface area (Å²) in [5.41, 5.74) is 6.61. The average Bonchev–Trinajstić information content (AvgIpc) is 2.46. The first-order valence-corrected chi connectivity index (χ1v) is 5.98. The monoisotopic (exact) mass is 274 g/mol. The van der Waals surface area contributed by atoms with Gasteiger partial charge in [-0.25, -0.2) is 0 Å². The topological polar surface area (TPSA) is 103 Å². The number of aromatic nitrogens is 1. The average molecular weight is 274 g/mol. The minimum absolute atomic E-state index is 0.194. The van der Waals surface area contributed by atoms with Crippen LogP contribution in [0.3, 0.4) is 0 Å². The van der Waals surface area contributed by atoms with Crippen molar-refractivity contribution in [1.29, 1.82) is 0 Å². The van der Waals surface area contributed by atoms with Crippen LogP contribution in [0.5, 0.6) is 5.75 Å². The predicted molar refractivity (Wildman–Crippen MR) is 75.7 cm³/mol. The van der Waals surface area contributed by atoms with Crippen molar-refractivity contribution in [3.63, 3.8) is 0 Å². The van der Waals surface area contributed by atoms with Crippen molar-refractivity contribution >= 4 is 17.2 Å². The standard InChI is InChI=1S/C13H14N4O3/c14-10-3-5-11(6-4-10)20-9-8-15-12-2-1-7-16-13(12)17(18)19/h1-7,15H,8-9,14H2. The van der Waals surface area contributed by atoms with Gasteiger partial charge in [0.25, 0.3) is 0 Å². The van der Waals surface area contributed by atoms with E-state index in [1.807, 2.05) is 0 Å². The van der Waals surface area contributed by atoms with Crippen molar-refractivity contribution in [1.82, 2.24) is 4.98 Å². The summed E-state index contributed by atoms with van der Waals surface area (Å²) >= 11 is 0. The second-order valence-corrected chi connectivity index (χ2v) is 3.98. The van der Waals surface area contributed by atoms with Gasteiger partial charge in [0.05, 0.1) is 0 Å². The van der Waals surface area contributed by atoms with Gasteiger partial charge in [0.15, 0.2) is 0 Å². The van der Waals surface area contributed by atoms with Crippen molar-refractivity contribution in [3.8, 4) is 5.75 Å². The first-order valence-electron chi connectivity index (χ1n) is 5.98. The maximum absolute atomic E-state index is 10.8. The van der Waals surface area contributed by atoms with E-state index in [1.54, 1.807) is 36.4 Å². The number of hydrogen-bond donors (Lipinski definition) is 2. The Morgan fingerprint density at radius 2 is 2.05 bits per heavy atom. The van der Waals surface area contributed by atoms with Crippen LogP contribution in [0.15, 0.2) is 42.6 Å². The molecule has 1 aromatic heterocycles. The van der Waals surface area contributed by atoms with Gasteiger partial charge in [0.2, 0.25) is 0 Å². The van der Waals surface area contributed by atoms with Crippen LogP contribution in [0.4, 0.5) is 17.2 Å². The number of nitro groups is 1.